The van der Waals surface area contributed by atoms with Gasteiger partial charge in [-0.3, -0.25) is 4.79 Å². The summed E-state index contributed by atoms with van der Waals surface area (Å²) in [5, 5.41) is 15.3. The number of methoxy groups -OCH3 is 1. The number of H-pyrrole nitrogens is 1. The van der Waals surface area contributed by atoms with Gasteiger partial charge in [0.1, 0.15) is 5.75 Å². The van der Waals surface area contributed by atoms with E-state index in [0.717, 1.165) is 33.3 Å². The number of aromatic amines is 1. The van der Waals surface area contributed by atoms with Crippen molar-refractivity contribution in [3.05, 3.63) is 65.4 Å². The average Bonchev–Trinajstić information content (AvgIpc) is 3.18. The third kappa shape index (κ3) is 4.35. The van der Waals surface area contributed by atoms with Gasteiger partial charge in [0.15, 0.2) is 0 Å². The van der Waals surface area contributed by atoms with Gasteiger partial charge >= 0.3 is 0 Å². The van der Waals surface area contributed by atoms with E-state index in [-0.39, 0.29) is 5.91 Å². The van der Waals surface area contributed by atoms with E-state index in [4.69, 9.17) is 9.47 Å². The van der Waals surface area contributed by atoms with Gasteiger partial charge < -0.3 is 24.9 Å². The lowest BCUT2D eigenvalue weighted by atomic mass is 9.83. The number of rotatable bonds is 7. The highest BCUT2D eigenvalue weighted by molar-refractivity contribution is 5.87. The number of hydrogen-bond acceptors (Lipinski definition) is 4. The minimum Gasteiger partial charge on any atom is -0.497 e. The predicted molar refractivity (Wildman–Crippen MR) is 116 cm³/mol. The molecule has 1 saturated heterocycles. The van der Waals surface area contributed by atoms with Gasteiger partial charge in [-0.2, -0.15) is 0 Å². The quantitative estimate of drug-likeness (QED) is 0.561. The van der Waals surface area contributed by atoms with Crippen molar-refractivity contribution in [2.75, 3.05) is 26.9 Å². The van der Waals surface area contributed by atoms with Crippen LogP contribution in [0.3, 0.4) is 0 Å². The van der Waals surface area contributed by atoms with Crippen LogP contribution in [0.2, 0.25) is 0 Å². The molecule has 0 spiro atoms. The number of aliphatic hydroxyl groups is 1. The molecular weight excluding hydrogens is 380 g/mol. The smallest absolute Gasteiger partial charge is 0.224 e. The number of aromatic nitrogens is 1. The van der Waals surface area contributed by atoms with Crippen molar-refractivity contribution in [3.8, 4) is 5.75 Å². The Morgan fingerprint density at radius 2 is 1.97 bits per heavy atom. The van der Waals surface area contributed by atoms with Gasteiger partial charge in [-0.25, -0.2) is 0 Å². The molecule has 4 rings (SSSR count). The average molecular weight is 408 g/mol. The van der Waals surface area contributed by atoms with E-state index in [1.807, 2.05) is 48.7 Å². The molecule has 1 aliphatic heterocycles. The van der Waals surface area contributed by atoms with Crippen LogP contribution >= 0.6 is 0 Å². The molecule has 3 N–H and O–H groups in total. The second kappa shape index (κ2) is 8.90. The van der Waals surface area contributed by atoms with Gasteiger partial charge in [0.05, 0.1) is 19.1 Å². The predicted octanol–water partition coefficient (Wildman–Crippen LogP) is 3.08. The number of hydrogen-bond donors (Lipinski definition) is 3. The lowest BCUT2D eigenvalue weighted by Gasteiger charge is -2.33. The van der Waals surface area contributed by atoms with Crippen LogP contribution in [0.15, 0.2) is 48.7 Å². The van der Waals surface area contributed by atoms with Crippen LogP contribution in [0.25, 0.3) is 10.9 Å². The maximum Gasteiger partial charge on any atom is 0.224 e. The van der Waals surface area contributed by atoms with Gasteiger partial charge in [0, 0.05) is 49.7 Å². The van der Waals surface area contributed by atoms with E-state index >= 15 is 0 Å². The lowest BCUT2D eigenvalue weighted by Crippen LogP contribution is -2.33. The Bertz CT molecular complexity index is 1000. The molecule has 6 heteroatoms. The van der Waals surface area contributed by atoms with Crippen molar-refractivity contribution >= 4 is 16.8 Å². The minimum absolute atomic E-state index is 0.0108. The normalized spacial score (nSPS) is 15.8. The van der Waals surface area contributed by atoms with Crippen LogP contribution in [0.4, 0.5) is 0 Å². The highest BCUT2D eigenvalue weighted by Gasteiger charge is 2.33. The summed E-state index contributed by atoms with van der Waals surface area (Å²) < 4.78 is 10.6. The molecule has 1 aliphatic rings. The Morgan fingerprint density at radius 1 is 1.20 bits per heavy atom. The maximum absolute atomic E-state index is 12.3. The number of benzene rings is 2. The first-order valence-electron chi connectivity index (χ1n) is 10.4. The SMILES string of the molecule is COc1ccc(CC(=O)NCCc2c[nH]c3cccc(C4(O)CCOCC4)c23)cc1. The zero-order valence-corrected chi connectivity index (χ0v) is 17.2. The summed E-state index contributed by atoms with van der Waals surface area (Å²) in [5.41, 5.74) is 3.14. The first-order chi connectivity index (χ1) is 14.6. The minimum atomic E-state index is -0.869. The molecule has 0 radical (unpaired) electrons. The van der Waals surface area contributed by atoms with Gasteiger partial charge in [0.25, 0.3) is 0 Å². The van der Waals surface area contributed by atoms with Gasteiger partial charge in [0.2, 0.25) is 5.91 Å². The number of nitrogens with one attached hydrogen (secondary N) is 2. The first kappa shape index (κ1) is 20.4. The van der Waals surface area contributed by atoms with Crippen molar-refractivity contribution in [3.63, 3.8) is 0 Å². The molecular formula is C24H28N2O4. The summed E-state index contributed by atoms with van der Waals surface area (Å²) in [6.07, 6.45) is 4.19. The van der Waals surface area contributed by atoms with Crippen molar-refractivity contribution in [1.29, 1.82) is 0 Å². The Balaban J connectivity index is 1.42. The number of ether oxygens (including phenoxy) is 2. The molecule has 2 aromatic carbocycles. The summed E-state index contributed by atoms with van der Waals surface area (Å²) in [5.74, 6) is 0.767. The van der Waals surface area contributed by atoms with E-state index in [2.05, 4.69) is 10.3 Å². The fourth-order valence-electron chi connectivity index (χ4n) is 4.15. The summed E-state index contributed by atoms with van der Waals surface area (Å²) >= 11 is 0. The van der Waals surface area contributed by atoms with Crippen molar-refractivity contribution < 1.29 is 19.4 Å². The first-order valence-corrected chi connectivity index (χ1v) is 10.4. The summed E-state index contributed by atoms with van der Waals surface area (Å²) in [4.78, 5) is 15.6. The maximum atomic E-state index is 12.3. The standard InChI is InChI=1S/C24H28N2O4/c1-29-19-7-5-17(6-8-19)15-22(27)25-12-9-18-16-26-21-4-2-3-20(23(18)21)24(28)10-13-30-14-11-24/h2-8,16,26,28H,9-15H2,1H3,(H,25,27). The van der Waals surface area contributed by atoms with E-state index in [0.29, 0.717) is 45.4 Å². The number of carbonyl (C=O) groups is 1. The second-order valence-electron chi connectivity index (χ2n) is 7.81. The molecule has 0 saturated carbocycles. The summed E-state index contributed by atoms with van der Waals surface area (Å²) in [7, 11) is 1.62. The fourth-order valence-corrected chi connectivity index (χ4v) is 4.15. The molecule has 0 atom stereocenters. The van der Waals surface area contributed by atoms with Gasteiger partial charge in [-0.1, -0.05) is 24.3 Å². The number of amides is 1. The third-order valence-corrected chi connectivity index (χ3v) is 5.85. The highest BCUT2D eigenvalue weighted by Crippen LogP contribution is 2.37. The molecule has 158 valence electrons. The molecule has 0 bridgehead atoms. The lowest BCUT2D eigenvalue weighted by molar-refractivity contribution is -0.120. The van der Waals surface area contributed by atoms with Crippen molar-refractivity contribution in [2.24, 2.45) is 0 Å². The highest BCUT2D eigenvalue weighted by atomic mass is 16.5. The Hall–Kier alpha value is -2.83. The second-order valence-corrected chi connectivity index (χ2v) is 7.81. The van der Waals surface area contributed by atoms with E-state index in [9.17, 15) is 9.90 Å². The van der Waals surface area contributed by atoms with E-state index in [1.54, 1.807) is 7.11 Å². The van der Waals surface area contributed by atoms with E-state index in [1.165, 1.54) is 0 Å². The largest absolute Gasteiger partial charge is 0.497 e. The zero-order chi connectivity index (χ0) is 21.0. The Kier molecular flexibility index (Phi) is 6.06. The molecule has 3 aromatic rings. The molecule has 30 heavy (non-hydrogen) atoms. The zero-order valence-electron chi connectivity index (χ0n) is 17.2. The van der Waals surface area contributed by atoms with Crippen LogP contribution in [0.1, 0.15) is 29.5 Å². The van der Waals surface area contributed by atoms with Crippen molar-refractivity contribution in [2.45, 2.75) is 31.3 Å². The van der Waals surface area contributed by atoms with Gasteiger partial charge in [-0.15, -0.1) is 0 Å². The van der Waals surface area contributed by atoms with Crippen LogP contribution < -0.4 is 10.1 Å². The van der Waals surface area contributed by atoms with Crippen LogP contribution in [0.5, 0.6) is 5.75 Å². The van der Waals surface area contributed by atoms with Gasteiger partial charge in [-0.05, 0) is 41.3 Å². The summed E-state index contributed by atoms with van der Waals surface area (Å²) in [6, 6.07) is 13.5. The molecule has 0 unspecified atom stereocenters. The Labute approximate surface area is 176 Å². The Morgan fingerprint density at radius 3 is 2.70 bits per heavy atom. The topological polar surface area (TPSA) is 83.6 Å². The monoisotopic (exact) mass is 408 g/mol. The molecule has 1 amide bonds. The van der Waals surface area contributed by atoms with Crippen LogP contribution in [0, 0.1) is 0 Å². The summed E-state index contributed by atoms with van der Waals surface area (Å²) in [6.45, 7) is 1.67. The van der Waals surface area contributed by atoms with Crippen molar-refractivity contribution in [1.82, 2.24) is 10.3 Å². The van der Waals surface area contributed by atoms with Crippen LogP contribution in [-0.2, 0) is 28.0 Å². The number of fused-ring (bicyclic) bond motifs is 1. The molecule has 2 heterocycles. The fraction of sp³-hybridized carbons (Fsp3) is 0.375. The molecule has 1 aromatic heterocycles. The number of carbonyl (C=O) groups excluding carboxylic acids is 1. The van der Waals surface area contributed by atoms with E-state index < -0.39 is 5.60 Å². The molecule has 0 aliphatic carbocycles. The van der Waals surface area contributed by atoms with Crippen LogP contribution in [-0.4, -0.2) is 42.9 Å². The molecule has 1 fully saturated rings. The molecule has 6 nitrogen and oxygen atoms in total. The third-order valence-electron chi connectivity index (χ3n) is 5.85.